The molecule has 12 unspecified atom stereocenters. The first-order valence-corrected chi connectivity index (χ1v) is 25.6. The van der Waals surface area contributed by atoms with E-state index in [9.17, 15) is 45.3 Å². The second kappa shape index (κ2) is 22.7. The molecule has 346 valence electrons. The summed E-state index contributed by atoms with van der Waals surface area (Å²) in [7, 11) is 6.51. The number of carboxylic acids is 1. The molecule has 0 radical (unpaired) electrons. The molecule has 4 bridgehead atoms. The molecule has 62 heavy (non-hydrogen) atoms. The Morgan fingerprint density at radius 2 is 1.92 bits per heavy atom. The molecule has 0 aromatic carbocycles. The summed E-state index contributed by atoms with van der Waals surface area (Å²) in [6, 6.07) is -0.423. The van der Waals surface area contributed by atoms with Gasteiger partial charge in [0.25, 0.3) is 0 Å². The molecule has 5 heterocycles. The van der Waals surface area contributed by atoms with E-state index < -0.39 is 79.2 Å². The minimum absolute atomic E-state index is 0.0723. The van der Waals surface area contributed by atoms with Gasteiger partial charge >= 0.3 is 11.9 Å². The number of esters is 1. The Morgan fingerprint density at radius 1 is 1.11 bits per heavy atom. The van der Waals surface area contributed by atoms with Crippen LogP contribution in [0.15, 0.2) is 64.2 Å². The highest BCUT2D eigenvalue weighted by Crippen LogP contribution is 2.43. The molecule has 6 aliphatic rings. The van der Waals surface area contributed by atoms with Crippen molar-refractivity contribution in [1.29, 1.82) is 0 Å². The number of aliphatic hydroxyl groups excluding tert-OH is 4. The lowest BCUT2D eigenvalue weighted by Gasteiger charge is -2.48. The van der Waals surface area contributed by atoms with Crippen LogP contribution >= 0.6 is 43.2 Å². The van der Waals surface area contributed by atoms with Crippen molar-refractivity contribution in [1.82, 2.24) is 5.32 Å². The molecule has 0 aromatic rings. The normalized spacial score (nSPS) is 35.6. The van der Waals surface area contributed by atoms with E-state index in [0.717, 1.165) is 12.8 Å². The number of fused-ring (bicyclic) bond motifs is 2. The second-order valence-electron chi connectivity index (χ2n) is 16.1. The van der Waals surface area contributed by atoms with Gasteiger partial charge in [0.1, 0.15) is 42.7 Å². The third-order valence-corrected chi connectivity index (χ3v) is 17.0. The Kier molecular flexibility index (Phi) is 18.0. The van der Waals surface area contributed by atoms with Gasteiger partial charge in [0.15, 0.2) is 18.4 Å². The van der Waals surface area contributed by atoms with Gasteiger partial charge < -0.3 is 70.5 Å². The summed E-state index contributed by atoms with van der Waals surface area (Å²) in [5.74, 6) is -4.67. The molecular weight excluding hydrogens is 889 g/mol. The van der Waals surface area contributed by atoms with Crippen LogP contribution in [0.3, 0.4) is 0 Å². The summed E-state index contributed by atoms with van der Waals surface area (Å²) in [6.45, 7) is 2.56. The van der Waals surface area contributed by atoms with Crippen molar-refractivity contribution < 1.29 is 73.9 Å². The minimum atomic E-state index is -2.92. The molecule has 5 aliphatic heterocycles. The standard InChI is InChI=1S/C40H58N4O14S4/c1-21(2)55-34-38(57-30(17-47)33(48)40(34,52)53)58-37-25-7-4-13-59-60-20-31-28(16-46)44-14-22(32(26(15-44)35(49)50)43-39(41)42-11-5-12-45)9-10-24(25)27(18-54-37)36(51)56-29-8-3-6-23(29)19-61-62-31/h4,7,9-10,15,18,21,23-25,28-31,33-34,37-38,45-48,52-53H,3,5-6,8,11-14,16-17,19-20H2,1-2H3,(H,49,50)(H3,41,42,43)/p+1. The molecule has 1 saturated carbocycles. The highest BCUT2D eigenvalue weighted by atomic mass is 33.1. The van der Waals surface area contributed by atoms with Gasteiger partial charge in [0, 0.05) is 47.8 Å². The number of allylic oxidation sites excluding steroid dienone is 1. The highest BCUT2D eigenvalue weighted by molar-refractivity contribution is 8.78. The zero-order chi connectivity index (χ0) is 44.6. The Balaban J connectivity index is 1.51. The van der Waals surface area contributed by atoms with E-state index in [2.05, 4.69) is 10.3 Å². The van der Waals surface area contributed by atoms with Crippen LogP contribution in [-0.2, 0) is 33.3 Å². The summed E-state index contributed by atoms with van der Waals surface area (Å²) in [6.07, 6.45) is 3.82. The van der Waals surface area contributed by atoms with E-state index in [1.54, 1.807) is 75.4 Å². The summed E-state index contributed by atoms with van der Waals surface area (Å²) < 4.78 is 30.7. The lowest BCUT2D eigenvalue weighted by molar-refractivity contribution is -0.870. The van der Waals surface area contributed by atoms with Gasteiger partial charge in [-0.15, -0.1) is 0 Å². The van der Waals surface area contributed by atoms with Crippen LogP contribution in [0.25, 0.3) is 0 Å². The van der Waals surface area contributed by atoms with Crippen LogP contribution in [0.5, 0.6) is 0 Å². The topological polar surface area (TPSA) is 277 Å². The maximum absolute atomic E-state index is 14.4. The van der Waals surface area contributed by atoms with Crippen molar-refractivity contribution in [2.45, 2.75) is 99.7 Å². The second-order valence-corrected chi connectivity index (χ2v) is 21.3. The number of ether oxygens (including phenoxy) is 5. The smallest absolute Gasteiger partial charge is 0.343 e. The zero-order valence-electron chi connectivity index (χ0n) is 34.5. The summed E-state index contributed by atoms with van der Waals surface area (Å²) >= 11 is 0. The quantitative estimate of drug-likeness (QED) is 0.0244. The Morgan fingerprint density at radius 3 is 2.65 bits per heavy atom. The Labute approximate surface area is 376 Å². The van der Waals surface area contributed by atoms with Crippen molar-refractivity contribution in [3.8, 4) is 0 Å². The van der Waals surface area contributed by atoms with Crippen LogP contribution in [-0.4, -0.2) is 164 Å². The number of nitrogens with two attached hydrogens (primary N) is 1. The van der Waals surface area contributed by atoms with Gasteiger partial charge in [0.05, 0.1) is 48.0 Å². The van der Waals surface area contributed by atoms with Crippen molar-refractivity contribution in [2.75, 3.05) is 50.2 Å². The van der Waals surface area contributed by atoms with Crippen LogP contribution in [0, 0.1) is 17.8 Å². The number of quaternary nitrogens is 1. The van der Waals surface area contributed by atoms with Gasteiger partial charge in [0.2, 0.25) is 12.1 Å². The number of nitrogens with one attached hydrogen (secondary N) is 2. The highest BCUT2D eigenvalue weighted by Gasteiger charge is 2.58. The SMILES string of the molecule is CC(C)OC1C(OC2OC=C3C(=O)OC4CCCC4CSSC4CSSCC=CC2C3C=CC2=C(NC(N)=NCCCO)C(C(=O)O)=C[NH+](C2)C4CO)OC(CO)C(O)C1(O)O. The average Bonchev–Trinajstić information content (AvgIpc) is 3.67. The van der Waals surface area contributed by atoms with Crippen molar-refractivity contribution in [3.63, 3.8) is 0 Å². The molecule has 2 fully saturated rings. The van der Waals surface area contributed by atoms with E-state index in [1.165, 1.54) is 6.26 Å². The maximum atomic E-state index is 14.4. The molecule has 1 saturated heterocycles. The number of carboxylic acid groups (broad SMARTS) is 1. The predicted octanol–water partition coefficient (Wildman–Crippen LogP) is -0.220. The fourth-order valence-electron chi connectivity index (χ4n) is 8.24. The zero-order valence-corrected chi connectivity index (χ0v) is 37.8. The Bertz CT molecular complexity index is 1760. The van der Waals surface area contributed by atoms with E-state index in [1.807, 2.05) is 12.2 Å². The van der Waals surface area contributed by atoms with Crippen LogP contribution in [0.2, 0.25) is 0 Å². The number of hydrogen-bond acceptors (Lipinski definition) is 18. The molecule has 22 heteroatoms. The van der Waals surface area contributed by atoms with E-state index in [0.29, 0.717) is 40.6 Å². The largest absolute Gasteiger partial charge is 0.477 e. The number of carbonyl (C=O) groups is 2. The number of guanidine groups is 1. The number of aliphatic hydroxyl groups is 6. The number of hydrogen-bond donors (Lipinski definition) is 10. The first kappa shape index (κ1) is 49.2. The fourth-order valence-corrected chi connectivity index (χ4v) is 14.3. The monoisotopic (exact) mass is 947 g/mol. The fraction of sp³-hybridized carbons (Fsp3) is 0.675. The first-order valence-electron chi connectivity index (χ1n) is 20.7. The van der Waals surface area contributed by atoms with Gasteiger partial charge in [-0.3, -0.25) is 9.89 Å². The van der Waals surface area contributed by atoms with E-state index in [4.69, 9.17) is 29.4 Å². The van der Waals surface area contributed by atoms with Gasteiger partial charge in [-0.25, -0.2) is 9.59 Å². The van der Waals surface area contributed by atoms with Crippen LogP contribution < -0.4 is 16.0 Å². The van der Waals surface area contributed by atoms with Crippen molar-refractivity contribution in [2.24, 2.45) is 28.5 Å². The lowest BCUT2D eigenvalue weighted by Crippen LogP contribution is -3.14. The number of aliphatic imine (C=N–C) groups is 1. The van der Waals surface area contributed by atoms with Crippen LogP contribution in [0.1, 0.15) is 39.5 Å². The van der Waals surface area contributed by atoms with E-state index >= 15 is 0 Å². The summed E-state index contributed by atoms with van der Waals surface area (Å²) in [5, 5.41) is 77.0. The van der Waals surface area contributed by atoms with Crippen molar-refractivity contribution >= 4 is 61.1 Å². The van der Waals surface area contributed by atoms with Crippen molar-refractivity contribution in [3.05, 3.63) is 59.2 Å². The van der Waals surface area contributed by atoms with Gasteiger partial charge in [-0.1, -0.05) is 67.5 Å². The van der Waals surface area contributed by atoms with Gasteiger partial charge in [-0.05, 0) is 39.5 Å². The molecule has 0 spiro atoms. The predicted molar refractivity (Wildman–Crippen MR) is 235 cm³/mol. The molecule has 1 aliphatic carbocycles. The molecule has 11 N–H and O–H groups in total. The van der Waals surface area contributed by atoms with Crippen LogP contribution in [0.4, 0.5) is 0 Å². The third-order valence-electron chi connectivity index (χ3n) is 11.5. The molecular formula is C40H59N4O14S4+. The lowest BCUT2D eigenvalue weighted by atomic mass is 9.82. The molecule has 6 rings (SSSR count). The molecule has 0 amide bonds. The number of nitrogens with zero attached hydrogens (tertiary/aromatic N) is 1. The molecule has 18 nitrogen and oxygen atoms in total. The number of carbonyl (C=O) groups excluding carboxylic acids is 1. The summed E-state index contributed by atoms with van der Waals surface area (Å²) in [4.78, 5) is 32.5. The summed E-state index contributed by atoms with van der Waals surface area (Å²) in [5.41, 5.74) is 6.95. The first-order chi connectivity index (χ1) is 29.8. The molecule has 0 aromatic heterocycles. The maximum Gasteiger partial charge on any atom is 0.343 e. The number of aliphatic carboxylic acids is 1. The molecule has 12 atom stereocenters. The van der Waals surface area contributed by atoms with Gasteiger partial charge in [-0.2, -0.15) is 0 Å². The Hall–Kier alpha value is -2.29. The van der Waals surface area contributed by atoms with E-state index in [-0.39, 0.29) is 66.4 Å². The average molecular weight is 948 g/mol. The third kappa shape index (κ3) is 11.7. The minimum Gasteiger partial charge on any atom is -0.477 e. The number of rotatable bonds is 11.